The molecular weight excluding hydrogens is 374 g/mol. The molecule has 1 amide bonds. The van der Waals surface area contributed by atoms with Crippen molar-refractivity contribution >= 4 is 34.6 Å². The normalized spacial score (nSPS) is 10.3. The van der Waals surface area contributed by atoms with E-state index in [2.05, 4.69) is 10.6 Å². The second-order valence-electron chi connectivity index (χ2n) is 6.00. The molecule has 0 aliphatic heterocycles. The van der Waals surface area contributed by atoms with E-state index in [1.807, 2.05) is 60.7 Å². The van der Waals surface area contributed by atoms with Gasteiger partial charge in [0.25, 0.3) is 5.69 Å². The van der Waals surface area contributed by atoms with E-state index in [1.54, 1.807) is 0 Å². The minimum atomic E-state index is -0.515. The van der Waals surface area contributed by atoms with Gasteiger partial charge in [-0.3, -0.25) is 14.9 Å². The molecule has 3 aromatic rings. The summed E-state index contributed by atoms with van der Waals surface area (Å²) in [4.78, 5) is 23.2. The highest BCUT2D eigenvalue weighted by Gasteiger charge is 2.23. The van der Waals surface area contributed by atoms with Crippen LogP contribution in [0.3, 0.4) is 0 Å². The van der Waals surface area contributed by atoms with Gasteiger partial charge in [-0.2, -0.15) is 0 Å². The second-order valence-corrected chi connectivity index (χ2v) is 6.41. The number of nitro groups is 1. The topological polar surface area (TPSA) is 84.3 Å². The Bertz CT molecular complexity index is 937. The number of amides is 1. The number of non-ortho nitro benzene ring substituents is 1. The highest BCUT2D eigenvalue weighted by molar-refractivity contribution is 7.80. The summed E-state index contributed by atoms with van der Waals surface area (Å²) in [6, 6.07) is 24.7. The molecular formula is C21H17N3O3S. The highest BCUT2D eigenvalue weighted by atomic mass is 32.1. The van der Waals surface area contributed by atoms with Crippen LogP contribution in [-0.4, -0.2) is 15.9 Å². The van der Waals surface area contributed by atoms with Gasteiger partial charge in [-0.15, -0.1) is 0 Å². The van der Waals surface area contributed by atoms with Gasteiger partial charge in [-0.1, -0.05) is 60.7 Å². The lowest BCUT2D eigenvalue weighted by molar-refractivity contribution is -0.384. The highest BCUT2D eigenvalue weighted by Crippen LogP contribution is 2.24. The molecule has 3 rings (SSSR count). The van der Waals surface area contributed by atoms with Crippen molar-refractivity contribution in [2.45, 2.75) is 5.92 Å². The molecule has 3 aromatic carbocycles. The fourth-order valence-corrected chi connectivity index (χ4v) is 3.02. The quantitative estimate of drug-likeness (QED) is 0.386. The number of rotatable bonds is 5. The predicted octanol–water partition coefficient (Wildman–Crippen LogP) is 4.24. The molecule has 0 fully saturated rings. The van der Waals surface area contributed by atoms with Crippen molar-refractivity contribution in [3.8, 4) is 0 Å². The average molecular weight is 391 g/mol. The number of benzene rings is 3. The van der Waals surface area contributed by atoms with Crippen LogP contribution in [-0.2, 0) is 4.79 Å². The summed E-state index contributed by atoms with van der Waals surface area (Å²) in [5.74, 6) is -0.782. The Kier molecular flexibility index (Phi) is 6.08. The van der Waals surface area contributed by atoms with Gasteiger partial charge in [0.1, 0.15) is 0 Å². The Morgan fingerprint density at radius 1 is 0.857 bits per heavy atom. The summed E-state index contributed by atoms with van der Waals surface area (Å²) < 4.78 is 0. The smallest absolute Gasteiger partial charge is 0.269 e. The van der Waals surface area contributed by atoms with Gasteiger partial charge < -0.3 is 10.6 Å². The van der Waals surface area contributed by atoms with Crippen LogP contribution in [0.5, 0.6) is 0 Å². The monoisotopic (exact) mass is 391 g/mol. The van der Waals surface area contributed by atoms with Crippen molar-refractivity contribution in [1.29, 1.82) is 0 Å². The van der Waals surface area contributed by atoms with Crippen molar-refractivity contribution in [3.63, 3.8) is 0 Å². The van der Waals surface area contributed by atoms with E-state index in [0.717, 1.165) is 11.1 Å². The van der Waals surface area contributed by atoms with Gasteiger partial charge in [0.05, 0.1) is 10.8 Å². The van der Waals surface area contributed by atoms with Gasteiger partial charge in [0.2, 0.25) is 5.91 Å². The average Bonchev–Trinajstić information content (AvgIpc) is 2.70. The molecule has 0 unspecified atom stereocenters. The zero-order valence-electron chi connectivity index (χ0n) is 14.7. The predicted molar refractivity (Wildman–Crippen MR) is 112 cm³/mol. The summed E-state index contributed by atoms with van der Waals surface area (Å²) in [6.07, 6.45) is 0. The summed E-state index contributed by atoms with van der Waals surface area (Å²) >= 11 is 5.24. The molecule has 0 saturated carbocycles. The zero-order valence-corrected chi connectivity index (χ0v) is 15.6. The number of nitrogens with zero attached hydrogens (tertiary/aromatic N) is 1. The third kappa shape index (κ3) is 4.77. The van der Waals surface area contributed by atoms with E-state index in [1.165, 1.54) is 24.3 Å². The summed E-state index contributed by atoms with van der Waals surface area (Å²) in [5.41, 5.74) is 2.23. The van der Waals surface area contributed by atoms with Crippen LogP contribution in [0.15, 0.2) is 84.9 Å². The van der Waals surface area contributed by atoms with Gasteiger partial charge in [-0.25, -0.2) is 0 Å². The minimum absolute atomic E-state index is 0.0197. The SMILES string of the molecule is O=C(NC(=S)Nc1ccc([N+](=O)[O-])cc1)C(c1ccccc1)c1ccccc1. The largest absolute Gasteiger partial charge is 0.332 e. The molecule has 0 aliphatic rings. The zero-order chi connectivity index (χ0) is 19.9. The Morgan fingerprint density at radius 2 is 1.36 bits per heavy atom. The van der Waals surface area contributed by atoms with Gasteiger partial charge in [0, 0.05) is 17.8 Å². The van der Waals surface area contributed by atoms with Crippen LogP contribution in [0, 0.1) is 10.1 Å². The molecule has 7 heteroatoms. The number of carbonyl (C=O) groups excluding carboxylic acids is 1. The molecule has 6 nitrogen and oxygen atoms in total. The molecule has 0 aromatic heterocycles. The Labute approximate surface area is 167 Å². The Morgan fingerprint density at radius 3 is 1.82 bits per heavy atom. The van der Waals surface area contributed by atoms with Crippen molar-refractivity contribution in [1.82, 2.24) is 5.32 Å². The van der Waals surface area contributed by atoms with E-state index in [0.29, 0.717) is 5.69 Å². The molecule has 0 saturated heterocycles. The summed E-state index contributed by atoms with van der Waals surface area (Å²) in [5, 5.41) is 16.4. The molecule has 0 bridgehead atoms. The fraction of sp³-hybridized carbons (Fsp3) is 0.0476. The molecule has 0 aliphatic carbocycles. The van der Waals surface area contributed by atoms with Crippen LogP contribution >= 0.6 is 12.2 Å². The maximum absolute atomic E-state index is 13.0. The molecule has 0 spiro atoms. The number of carbonyl (C=O) groups is 1. The third-order valence-electron chi connectivity index (χ3n) is 4.10. The lowest BCUT2D eigenvalue weighted by atomic mass is 9.90. The van der Waals surface area contributed by atoms with E-state index < -0.39 is 10.8 Å². The van der Waals surface area contributed by atoms with Crippen molar-refractivity contribution in [3.05, 3.63) is 106 Å². The molecule has 0 heterocycles. The molecule has 2 N–H and O–H groups in total. The summed E-state index contributed by atoms with van der Waals surface area (Å²) in [7, 11) is 0. The third-order valence-corrected chi connectivity index (χ3v) is 4.30. The number of hydrogen-bond acceptors (Lipinski definition) is 4. The first-order valence-corrected chi connectivity index (χ1v) is 8.91. The molecule has 28 heavy (non-hydrogen) atoms. The Hall–Kier alpha value is -3.58. The first-order chi connectivity index (χ1) is 13.5. The van der Waals surface area contributed by atoms with Crippen LogP contribution in [0.2, 0.25) is 0 Å². The van der Waals surface area contributed by atoms with Crippen LogP contribution in [0.4, 0.5) is 11.4 Å². The lowest BCUT2D eigenvalue weighted by Gasteiger charge is -2.18. The number of nitro benzene ring substituents is 1. The number of hydrogen-bond donors (Lipinski definition) is 2. The van der Waals surface area contributed by atoms with Crippen LogP contribution in [0.25, 0.3) is 0 Å². The number of nitrogens with one attached hydrogen (secondary N) is 2. The van der Waals surface area contributed by atoms with Crippen LogP contribution in [0.1, 0.15) is 17.0 Å². The maximum Gasteiger partial charge on any atom is 0.269 e. The fourth-order valence-electron chi connectivity index (χ4n) is 2.80. The maximum atomic E-state index is 13.0. The number of anilines is 1. The molecule has 140 valence electrons. The van der Waals surface area contributed by atoms with Crippen LogP contribution < -0.4 is 10.6 Å². The van der Waals surface area contributed by atoms with Crippen molar-refractivity contribution in [2.75, 3.05) is 5.32 Å². The lowest BCUT2D eigenvalue weighted by Crippen LogP contribution is -2.37. The van der Waals surface area contributed by atoms with E-state index >= 15 is 0 Å². The second kappa shape index (κ2) is 8.88. The van der Waals surface area contributed by atoms with Crippen molar-refractivity contribution in [2.24, 2.45) is 0 Å². The van der Waals surface area contributed by atoms with E-state index in [-0.39, 0.29) is 16.7 Å². The Balaban J connectivity index is 1.74. The van der Waals surface area contributed by atoms with Gasteiger partial charge in [0.15, 0.2) is 5.11 Å². The minimum Gasteiger partial charge on any atom is -0.332 e. The molecule has 0 radical (unpaired) electrons. The first-order valence-electron chi connectivity index (χ1n) is 8.51. The van der Waals surface area contributed by atoms with Gasteiger partial charge in [-0.05, 0) is 35.5 Å². The molecule has 0 atom stereocenters. The van der Waals surface area contributed by atoms with E-state index in [9.17, 15) is 14.9 Å². The standard InChI is InChI=1S/C21H17N3O3S/c25-20(23-21(28)22-17-11-13-18(14-12-17)24(26)27)19(15-7-3-1-4-8-15)16-9-5-2-6-10-16/h1-14,19H,(H2,22,23,25,28). The first kappa shape index (κ1) is 19.2. The van der Waals surface area contributed by atoms with E-state index in [4.69, 9.17) is 12.2 Å². The van der Waals surface area contributed by atoms with Gasteiger partial charge >= 0.3 is 0 Å². The number of thiocarbonyl (C=S) groups is 1. The van der Waals surface area contributed by atoms with Crippen molar-refractivity contribution < 1.29 is 9.72 Å². The summed E-state index contributed by atoms with van der Waals surface area (Å²) in [6.45, 7) is 0.